The van der Waals surface area contributed by atoms with E-state index in [1.54, 1.807) is 18.3 Å². The molecule has 0 aliphatic rings. The smallest absolute Gasteiger partial charge is 0.123 e. The Morgan fingerprint density at radius 1 is 1.06 bits per heavy atom. The van der Waals surface area contributed by atoms with E-state index < -0.39 is 0 Å². The van der Waals surface area contributed by atoms with Crippen molar-refractivity contribution in [1.82, 2.24) is 0 Å². The summed E-state index contributed by atoms with van der Waals surface area (Å²) in [6, 6.07) is 13.8. The zero-order valence-corrected chi connectivity index (χ0v) is 10.5. The lowest BCUT2D eigenvalue weighted by atomic mass is 10.2. The van der Waals surface area contributed by atoms with Gasteiger partial charge in [-0.3, -0.25) is 5.43 Å². The van der Waals surface area contributed by atoms with E-state index in [1.165, 1.54) is 12.1 Å². The van der Waals surface area contributed by atoms with Crippen LogP contribution in [0, 0.1) is 5.82 Å². The summed E-state index contributed by atoms with van der Waals surface area (Å²) in [5.41, 5.74) is 4.55. The average Bonchev–Trinajstić information content (AvgIpc) is 2.34. The Morgan fingerprint density at radius 3 is 2.47 bits per heavy atom. The minimum Gasteiger partial charge on any atom is -0.279 e. The van der Waals surface area contributed by atoms with Crippen LogP contribution >= 0.6 is 15.9 Å². The molecule has 17 heavy (non-hydrogen) atoms. The first-order chi connectivity index (χ1) is 8.25. The quantitative estimate of drug-likeness (QED) is 0.670. The number of nitrogens with zero attached hydrogens (tertiary/aromatic N) is 1. The second kappa shape index (κ2) is 5.59. The van der Waals surface area contributed by atoms with E-state index in [-0.39, 0.29) is 5.82 Å². The highest BCUT2D eigenvalue weighted by Crippen LogP contribution is 2.14. The van der Waals surface area contributed by atoms with Gasteiger partial charge in [-0.1, -0.05) is 34.1 Å². The first-order valence-electron chi connectivity index (χ1n) is 5.05. The van der Waals surface area contributed by atoms with Crippen LogP contribution in [0.15, 0.2) is 58.1 Å². The molecule has 2 nitrogen and oxygen atoms in total. The van der Waals surface area contributed by atoms with Crippen LogP contribution in [0.4, 0.5) is 10.1 Å². The van der Waals surface area contributed by atoms with Gasteiger partial charge in [0.05, 0.1) is 11.9 Å². The molecule has 0 aliphatic heterocycles. The molecular formula is C13H10BrFN2. The van der Waals surface area contributed by atoms with E-state index in [4.69, 9.17) is 0 Å². The Labute approximate surface area is 107 Å². The Balaban J connectivity index is 2.03. The third-order valence-electron chi connectivity index (χ3n) is 2.15. The number of nitrogens with one attached hydrogen (secondary N) is 1. The van der Waals surface area contributed by atoms with Crippen LogP contribution in [-0.2, 0) is 0 Å². The summed E-state index contributed by atoms with van der Waals surface area (Å²) < 4.78 is 13.6. The number of halogens is 2. The van der Waals surface area contributed by atoms with E-state index in [2.05, 4.69) is 26.5 Å². The Hall–Kier alpha value is -1.68. The highest BCUT2D eigenvalue weighted by atomic mass is 79.9. The molecule has 1 N–H and O–H groups in total. The van der Waals surface area contributed by atoms with E-state index >= 15 is 0 Å². The molecular weight excluding hydrogens is 283 g/mol. The highest BCUT2D eigenvalue weighted by Gasteiger charge is 1.94. The minimum atomic E-state index is -0.259. The van der Waals surface area contributed by atoms with Gasteiger partial charge in [0.2, 0.25) is 0 Å². The minimum absolute atomic E-state index is 0.259. The molecule has 0 aromatic heterocycles. The predicted octanol–water partition coefficient (Wildman–Crippen LogP) is 4.03. The number of hydrogen-bond donors (Lipinski definition) is 1. The van der Waals surface area contributed by atoms with Crippen molar-refractivity contribution in [3.63, 3.8) is 0 Å². The molecule has 0 amide bonds. The van der Waals surface area contributed by atoms with Gasteiger partial charge in [0.1, 0.15) is 5.82 Å². The number of rotatable bonds is 3. The molecule has 86 valence electrons. The lowest BCUT2D eigenvalue weighted by Crippen LogP contribution is -1.91. The fourth-order valence-electron chi connectivity index (χ4n) is 1.28. The largest absolute Gasteiger partial charge is 0.279 e. The summed E-state index contributed by atoms with van der Waals surface area (Å²) in [5, 5.41) is 4.07. The van der Waals surface area contributed by atoms with E-state index in [1.807, 2.05) is 24.3 Å². The Morgan fingerprint density at radius 2 is 1.76 bits per heavy atom. The lowest BCUT2D eigenvalue weighted by Gasteiger charge is -2.00. The van der Waals surface area contributed by atoms with Crippen molar-refractivity contribution in [3.8, 4) is 0 Å². The number of hydrazone groups is 1. The van der Waals surface area contributed by atoms with Gasteiger partial charge in [0.15, 0.2) is 0 Å². The van der Waals surface area contributed by atoms with Gasteiger partial charge in [-0.05, 0) is 30.3 Å². The maximum Gasteiger partial charge on any atom is 0.123 e. The van der Waals surface area contributed by atoms with Gasteiger partial charge >= 0.3 is 0 Å². The zero-order chi connectivity index (χ0) is 12.1. The van der Waals surface area contributed by atoms with Crippen molar-refractivity contribution in [2.24, 2.45) is 5.10 Å². The summed E-state index contributed by atoms with van der Waals surface area (Å²) in [6.45, 7) is 0. The molecule has 0 fully saturated rings. The molecule has 2 aromatic carbocycles. The van der Waals surface area contributed by atoms with Crippen LogP contribution in [0.1, 0.15) is 5.56 Å². The average molecular weight is 293 g/mol. The molecule has 4 heteroatoms. The summed E-state index contributed by atoms with van der Waals surface area (Å²) in [6.07, 6.45) is 1.70. The van der Waals surface area contributed by atoms with Crippen molar-refractivity contribution in [1.29, 1.82) is 0 Å². The fourth-order valence-corrected chi connectivity index (χ4v) is 1.67. The molecule has 2 aromatic rings. The van der Waals surface area contributed by atoms with Crippen LogP contribution in [0.5, 0.6) is 0 Å². The molecule has 2 rings (SSSR count). The molecule has 0 heterocycles. The van der Waals surface area contributed by atoms with Crippen molar-refractivity contribution in [3.05, 3.63) is 64.4 Å². The van der Waals surface area contributed by atoms with E-state index in [9.17, 15) is 4.39 Å². The van der Waals surface area contributed by atoms with Crippen molar-refractivity contribution in [2.75, 3.05) is 5.43 Å². The summed E-state index contributed by atoms with van der Waals surface area (Å²) in [7, 11) is 0. The third kappa shape index (κ3) is 3.39. The van der Waals surface area contributed by atoms with Crippen LogP contribution in [0.2, 0.25) is 0 Å². The van der Waals surface area contributed by atoms with E-state index in [0.717, 1.165) is 15.7 Å². The van der Waals surface area contributed by atoms with E-state index in [0.29, 0.717) is 0 Å². The number of hydrogen-bond acceptors (Lipinski definition) is 2. The van der Waals surface area contributed by atoms with Crippen molar-refractivity contribution in [2.45, 2.75) is 0 Å². The standard InChI is InChI=1S/C13H10BrFN2/c14-13-4-2-1-3-10(13)9-16-17-12-7-5-11(15)6-8-12/h1-9,17H. The second-order valence-electron chi connectivity index (χ2n) is 3.40. The number of anilines is 1. The molecule has 0 bridgehead atoms. The SMILES string of the molecule is Fc1ccc(NN=Cc2ccccc2Br)cc1. The summed E-state index contributed by atoms with van der Waals surface area (Å²) >= 11 is 3.42. The third-order valence-corrected chi connectivity index (χ3v) is 2.87. The van der Waals surface area contributed by atoms with Gasteiger partial charge in [-0.2, -0.15) is 5.10 Å². The topological polar surface area (TPSA) is 24.4 Å². The van der Waals surface area contributed by atoms with Gasteiger partial charge in [-0.25, -0.2) is 4.39 Å². The number of benzene rings is 2. The van der Waals surface area contributed by atoms with Gasteiger partial charge in [-0.15, -0.1) is 0 Å². The molecule has 0 radical (unpaired) electrons. The molecule has 0 saturated carbocycles. The normalized spacial score (nSPS) is 10.7. The van der Waals surface area contributed by atoms with Crippen molar-refractivity contribution >= 4 is 27.8 Å². The van der Waals surface area contributed by atoms with Crippen LogP contribution in [-0.4, -0.2) is 6.21 Å². The maximum absolute atomic E-state index is 12.7. The van der Waals surface area contributed by atoms with Crippen LogP contribution in [0.25, 0.3) is 0 Å². The molecule has 0 unspecified atom stereocenters. The summed E-state index contributed by atoms with van der Waals surface area (Å²) in [4.78, 5) is 0. The first-order valence-corrected chi connectivity index (χ1v) is 5.84. The predicted molar refractivity (Wildman–Crippen MR) is 71.8 cm³/mol. The molecule has 0 atom stereocenters. The highest BCUT2D eigenvalue weighted by molar-refractivity contribution is 9.10. The zero-order valence-electron chi connectivity index (χ0n) is 8.90. The Bertz CT molecular complexity index is 523. The van der Waals surface area contributed by atoms with Gasteiger partial charge in [0, 0.05) is 10.0 Å². The molecule has 0 saturated heterocycles. The van der Waals surface area contributed by atoms with Gasteiger partial charge in [0.25, 0.3) is 0 Å². The molecule has 0 aliphatic carbocycles. The summed E-state index contributed by atoms with van der Waals surface area (Å²) in [5.74, 6) is -0.259. The Kier molecular flexibility index (Phi) is 3.88. The monoisotopic (exact) mass is 292 g/mol. The van der Waals surface area contributed by atoms with Crippen molar-refractivity contribution < 1.29 is 4.39 Å². The maximum atomic E-state index is 12.7. The van der Waals surface area contributed by atoms with Crippen LogP contribution in [0.3, 0.4) is 0 Å². The second-order valence-corrected chi connectivity index (χ2v) is 4.25. The lowest BCUT2D eigenvalue weighted by molar-refractivity contribution is 0.628. The van der Waals surface area contributed by atoms with Gasteiger partial charge < -0.3 is 0 Å². The first kappa shape index (κ1) is 11.8. The fraction of sp³-hybridized carbons (Fsp3) is 0. The molecule has 0 spiro atoms. The van der Waals surface area contributed by atoms with Crippen LogP contribution < -0.4 is 5.43 Å².